The Balaban J connectivity index is 2.00. The van der Waals surface area contributed by atoms with Crippen LogP contribution in [0.4, 0.5) is 5.95 Å². The molecule has 5 nitrogen and oxygen atoms in total. The van der Waals surface area contributed by atoms with E-state index in [0.29, 0.717) is 18.4 Å². The first-order valence-corrected chi connectivity index (χ1v) is 4.63. The summed E-state index contributed by atoms with van der Waals surface area (Å²) < 4.78 is 10.8. The van der Waals surface area contributed by atoms with Gasteiger partial charge in [-0.05, 0) is 0 Å². The number of nitrogens with one attached hydrogen (secondary N) is 1. The van der Waals surface area contributed by atoms with Gasteiger partial charge >= 0.3 is 0 Å². The molecular weight excluding hydrogens is 182 g/mol. The molecule has 0 saturated carbocycles. The molecule has 0 radical (unpaired) electrons. The Hall–Kier alpha value is -1.36. The van der Waals surface area contributed by atoms with Gasteiger partial charge in [0.05, 0.1) is 13.2 Å². The predicted octanol–water partition coefficient (Wildman–Crippen LogP) is 0.686. The third kappa shape index (κ3) is 2.11. The minimum absolute atomic E-state index is 0.134. The van der Waals surface area contributed by atoms with Crippen LogP contribution in [-0.4, -0.2) is 36.3 Å². The smallest absolute Gasteiger partial charge is 0.225 e. The van der Waals surface area contributed by atoms with Gasteiger partial charge in [-0.1, -0.05) is 0 Å². The fraction of sp³-hybridized carbons (Fsp3) is 0.556. The second-order valence-electron chi connectivity index (χ2n) is 3.07. The highest BCUT2D eigenvalue weighted by Gasteiger charge is 2.17. The molecule has 0 aromatic carbocycles. The topological polar surface area (TPSA) is 56.3 Å². The van der Waals surface area contributed by atoms with Crippen molar-refractivity contribution in [1.29, 1.82) is 0 Å². The van der Waals surface area contributed by atoms with Gasteiger partial charge in [-0.15, -0.1) is 0 Å². The normalized spacial score (nSPS) is 20.8. The standard InChI is InChI=1S/C9H13N3O2/c1-10-9-11-4-2-8(12-9)14-7-3-5-13-6-7/h2,4,7H,3,5-6H2,1H3,(H,10,11,12). The zero-order valence-electron chi connectivity index (χ0n) is 8.06. The summed E-state index contributed by atoms with van der Waals surface area (Å²) >= 11 is 0. The molecule has 1 aliphatic rings. The summed E-state index contributed by atoms with van der Waals surface area (Å²) in [6, 6.07) is 1.75. The van der Waals surface area contributed by atoms with E-state index >= 15 is 0 Å². The van der Waals surface area contributed by atoms with E-state index < -0.39 is 0 Å². The van der Waals surface area contributed by atoms with E-state index in [9.17, 15) is 0 Å². The predicted molar refractivity (Wildman–Crippen MR) is 51.4 cm³/mol. The molecule has 1 fully saturated rings. The molecule has 1 saturated heterocycles. The van der Waals surface area contributed by atoms with Crippen LogP contribution < -0.4 is 10.1 Å². The lowest BCUT2D eigenvalue weighted by Crippen LogP contribution is -2.16. The molecule has 76 valence electrons. The van der Waals surface area contributed by atoms with Crippen LogP contribution in [0.25, 0.3) is 0 Å². The Morgan fingerprint density at radius 1 is 1.64 bits per heavy atom. The number of ether oxygens (including phenoxy) is 2. The van der Waals surface area contributed by atoms with E-state index in [1.807, 2.05) is 0 Å². The van der Waals surface area contributed by atoms with E-state index in [4.69, 9.17) is 9.47 Å². The van der Waals surface area contributed by atoms with Crippen molar-refractivity contribution >= 4 is 5.95 Å². The monoisotopic (exact) mass is 195 g/mol. The van der Waals surface area contributed by atoms with Crippen LogP contribution in [0.5, 0.6) is 5.88 Å². The van der Waals surface area contributed by atoms with Gasteiger partial charge in [-0.25, -0.2) is 4.98 Å². The summed E-state index contributed by atoms with van der Waals surface area (Å²) in [7, 11) is 1.78. The van der Waals surface area contributed by atoms with E-state index in [1.165, 1.54) is 0 Å². The maximum atomic E-state index is 5.60. The Labute approximate surface area is 82.5 Å². The van der Waals surface area contributed by atoms with Crippen molar-refractivity contribution < 1.29 is 9.47 Å². The molecule has 14 heavy (non-hydrogen) atoms. The molecule has 1 N–H and O–H groups in total. The minimum Gasteiger partial charge on any atom is -0.472 e. The van der Waals surface area contributed by atoms with Crippen LogP contribution in [0.1, 0.15) is 6.42 Å². The number of aromatic nitrogens is 2. The Kier molecular flexibility index (Phi) is 2.78. The zero-order chi connectivity index (χ0) is 9.80. The molecule has 2 rings (SSSR count). The molecule has 1 aliphatic heterocycles. The van der Waals surface area contributed by atoms with Crippen LogP contribution in [0, 0.1) is 0 Å². The molecule has 5 heteroatoms. The quantitative estimate of drug-likeness (QED) is 0.768. The van der Waals surface area contributed by atoms with E-state index in [-0.39, 0.29) is 6.10 Å². The van der Waals surface area contributed by atoms with Crippen molar-refractivity contribution in [2.45, 2.75) is 12.5 Å². The summed E-state index contributed by atoms with van der Waals surface area (Å²) in [5, 5.41) is 2.86. The number of rotatable bonds is 3. The molecule has 0 aliphatic carbocycles. The van der Waals surface area contributed by atoms with Crippen molar-refractivity contribution in [3.8, 4) is 5.88 Å². The van der Waals surface area contributed by atoms with Gasteiger partial charge in [0.2, 0.25) is 11.8 Å². The lowest BCUT2D eigenvalue weighted by molar-refractivity contribution is 0.138. The third-order valence-electron chi connectivity index (χ3n) is 2.03. The largest absolute Gasteiger partial charge is 0.472 e. The molecule has 0 bridgehead atoms. The third-order valence-corrected chi connectivity index (χ3v) is 2.03. The van der Waals surface area contributed by atoms with E-state index in [1.54, 1.807) is 19.3 Å². The summed E-state index contributed by atoms with van der Waals surface area (Å²) in [5.74, 6) is 1.17. The molecule has 0 amide bonds. The lowest BCUT2D eigenvalue weighted by Gasteiger charge is -2.10. The highest BCUT2D eigenvalue weighted by molar-refractivity contribution is 5.26. The second kappa shape index (κ2) is 4.23. The molecule has 1 aromatic heterocycles. The van der Waals surface area contributed by atoms with E-state index in [2.05, 4.69) is 15.3 Å². The number of hydrogen-bond acceptors (Lipinski definition) is 5. The fourth-order valence-corrected chi connectivity index (χ4v) is 1.30. The van der Waals surface area contributed by atoms with Gasteiger partial charge in [0.15, 0.2) is 0 Å². The number of anilines is 1. The molecule has 1 unspecified atom stereocenters. The Morgan fingerprint density at radius 2 is 2.57 bits per heavy atom. The molecular formula is C9H13N3O2. The summed E-state index contributed by atoms with van der Waals surface area (Å²) in [4.78, 5) is 8.15. The molecule has 1 atom stereocenters. The summed E-state index contributed by atoms with van der Waals surface area (Å²) in [6.45, 7) is 1.42. The maximum absolute atomic E-state index is 5.60. The average Bonchev–Trinajstić information content (AvgIpc) is 2.71. The van der Waals surface area contributed by atoms with Crippen molar-refractivity contribution in [3.05, 3.63) is 12.3 Å². The highest BCUT2D eigenvalue weighted by Crippen LogP contribution is 2.14. The van der Waals surface area contributed by atoms with Crippen LogP contribution in [-0.2, 0) is 4.74 Å². The van der Waals surface area contributed by atoms with Gasteiger partial charge < -0.3 is 14.8 Å². The Morgan fingerprint density at radius 3 is 3.29 bits per heavy atom. The van der Waals surface area contributed by atoms with Gasteiger partial charge in [-0.3, -0.25) is 0 Å². The van der Waals surface area contributed by atoms with Crippen LogP contribution >= 0.6 is 0 Å². The van der Waals surface area contributed by atoms with E-state index in [0.717, 1.165) is 13.0 Å². The van der Waals surface area contributed by atoms with Crippen LogP contribution in [0.3, 0.4) is 0 Å². The second-order valence-corrected chi connectivity index (χ2v) is 3.07. The van der Waals surface area contributed by atoms with Crippen LogP contribution in [0.15, 0.2) is 12.3 Å². The van der Waals surface area contributed by atoms with Gasteiger partial charge in [0, 0.05) is 25.7 Å². The summed E-state index contributed by atoms with van der Waals surface area (Å²) in [5.41, 5.74) is 0. The lowest BCUT2D eigenvalue weighted by atomic mass is 10.3. The first-order valence-electron chi connectivity index (χ1n) is 4.63. The van der Waals surface area contributed by atoms with Crippen molar-refractivity contribution in [3.63, 3.8) is 0 Å². The average molecular weight is 195 g/mol. The molecule has 0 spiro atoms. The minimum atomic E-state index is 0.134. The van der Waals surface area contributed by atoms with Crippen molar-refractivity contribution in [2.24, 2.45) is 0 Å². The Bertz CT molecular complexity index is 300. The summed E-state index contributed by atoms with van der Waals surface area (Å²) in [6.07, 6.45) is 2.73. The van der Waals surface area contributed by atoms with Crippen molar-refractivity contribution in [1.82, 2.24) is 9.97 Å². The maximum Gasteiger partial charge on any atom is 0.225 e. The fourth-order valence-electron chi connectivity index (χ4n) is 1.30. The number of hydrogen-bond donors (Lipinski definition) is 1. The first kappa shape index (κ1) is 9.21. The SMILES string of the molecule is CNc1nccc(OC2CCOC2)n1. The number of nitrogens with zero attached hydrogens (tertiary/aromatic N) is 2. The molecule has 1 aromatic rings. The van der Waals surface area contributed by atoms with Gasteiger partial charge in [0.1, 0.15) is 6.10 Å². The highest BCUT2D eigenvalue weighted by atomic mass is 16.5. The van der Waals surface area contributed by atoms with Gasteiger partial charge in [0.25, 0.3) is 0 Å². The van der Waals surface area contributed by atoms with Crippen LogP contribution in [0.2, 0.25) is 0 Å². The van der Waals surface area contributed by atoms with Gasteiger partial charge in [-0.2, -0.15) is 4.98 Å². The zero-order valence-corrected chi connectivity index (χ0v) is 8.06. The van der Waals surface area contributed by atoms with Crippen molar-refractivity contribution in [2.75, 3.05) is 25.6 Å². The first-order chi connectivity index (χ1) is 6.88. The molecule has 2 heterocycles.